The van der Waals surface area contributed by atoms with E-state index in [0.29, 0.717) is 24.5 Å². The Hall–Kier alpha value is -1.39. The lowest BCUT2D eigenvalue weighted by Crippen LogP contribution is -2.60. The van der Waals surface area contributed by atoms with Crippen LogP contribution in [0.25, 0.3) is 0 Å². The molecule has 4 saturated heterocycles. The summed E-state index contributed by atoms with van der Waals surface area (Å²) in [7, 11) is 0. The molecule has 4 heterocycles. The van der Waals surface area contributed by atoms with Gasteiger partial charge in [0.2, 0.25) is 0 Å². The second-order valence-corrected chi connectivity index (χ2v) is 7.01. The van der Waals surface area contributed by atoms with E-state index >= 15 is 0 Å². The number of rotatable bonds is 4. The Morgan fingerprint density at radius 2 is 1.86 bits per heavy atom. The molecule has 0 unspecified atom stereocenters. The molecule has 22 heavy (non-hydrogen) atoms. The second-order valence-electron chi connectivity index (χ2n) is 7.01. The topological polar surface area (TPSA) is 43.8 Å². The lowest BCUT2D eigenvalue weighted by atomic mass is 9.75. The van der Waals surface area contributed by atoms with Gasteiger partial charge >= 0.3 is 5.97 Å². The summed E-state index contributed by atoms with van der Waals surface area (Å²) in [4.78, 5) is 16.1. The first kappa shape index (κ1) is 14.2. The summed E-state index contributed by atoms with van der Waals surface area (Å²) >= 11 is 0. The molecular formula is C18H24N2O2. The highest BCUT2D eigenvalue weighted by Gasteiger charge is 2.52. The minimum absolute atomic E-state index is 0.261. The Kier molecular flexibility index (Phi) is 3.66. The van der Waals surface area contributed by atoms with E-state index in [-0.39, 0.29) is 6.42 Å². The SMILES string of the molecule is O=C(O)CCN1C[C@@H](c2ccccc2)[C@@H]2[C@H]1C1CCN2CC1. The predicted molar refractivity (Wildman–Crippen MR) is 84.9 cm³/mol. The van der Waals surface area contributed by atoms with E-state index in [2.05, 4.69) is 40.1 Å². The summed E-state index contributed by atoms with van der Waals surface area (Å²) in [5.41, 5.74) is 1.42. The van der Waals surface area contributed by atoms with Gasteiger partial charge in [0, 0.05) is 31.1 Å². The van der Waals surface area contributed by atoms with Crippen LogP contribution in [0.3, 0.4) is 0 Å². The van der Waals surface area contributed by atoms with Crippen LogP contribution >= 0.6 is 0 Å². The highest BCUT2D eigenvalue weighted by Crippen LogP contribution is 2.46. The highest BCUT2D eigenvalue weighted by molar-refractivity contribution is 5.66. The molecule has 0 spiro atoms. The molecule has 0 radical (unpaired) electrons. The third kappa shape index (κ3) is 2.34. The number of aliphatic carboxylic acids is 1. The van der Waals surface area contributed by atoms with Crippen molar-refractivity contribution in [1.29, 1.82) is 0 Å². The Morgan fingerprint density at radius 3 is 2.55 bits per heavy atom. The molecule has 4 aliphatic heterocycles. The van der Waals surface area contributed by atoms with Gasteiger partial charge in [0.25, 0.3) is 0 Å². The summed E-state index contributed by atoms with van der Waals surface area (Å²) < 4.78 is 0. The van der Waals surface area contributed by atoms with Crippen LogP contribution in [0.15, 0.2) is 30.3 Å². The van der Waals surface area contributed by atoms with Gasteiger partial charge in [-0.2, -0.15) is 0 Å². The average molecular weight is 300 g/mol. The van der Waals surface area contributed by atoms with E-state index in [1.54, 1.807) is 0 Å². The molecule has 4 fully saturated rings. The van der Waals surface area contributed by atoms with Crippen molar-refractivity contribution < 1.29 is 9.90 Å². The number of carbonyl (C=O) groups is 1. The molecule has 0 aromatic heterocycles. The zero-order valence-corrected chi connectivity index (χ0v) is 12.9. The molecule has 1 N–H and O–H groups in total. The minimum Gasteiger partial charge on any atom is -0.481 e. The van der Waals surface area contributed by atoms with E-state index in [0.717, 1.165) is 12.5 Å². The van der Waals surface area contributed by atoms with Crippen LogP contribution in [0.4, 0.5) is 0 Å². The van der Waals surface area contributed by atoms with Crippen LogP contribution in [0.1, 0.15) is 30.7 Å². The third-order valence-electron chi connectivity index (χ3n) is 5.93. The van der Waals surface area contributed by atoms with Crippen LogP contribution < -0.4 is 0 Å². The van der Waals surface area contributed by atoms with Crippen molar-refractivity contribution in [3.63, 3.8) is 0 Å². The summed E-state index contributed by atoms with van der Waals surface area (Å²) in [6.45, 7) is 4.16. The molecule has 2 bridgehead atoms. The van der Waals surface area contributed by atoms with E-state index in [1.807, 2.05) is 0 Å². The van der Waals surface area contributed by atoms with Crippen LogP contribution in [0, 0.1) is 5.92 Å². The number of benzene rings is 1. The summed E-state index contributed by atoms with van der Waals surface area (Å²) in [6.07, 6.45) is 2.83. The van der Waals surface area contributed by atoms with Crippen LogP contribution in [-0.2, 0) is 4.79 Å². The molecule has 4 heteroatoms. The molecule has 4 nitrogen and oxygen atoms in total. The number of carboxylic acid groups (broad SMARTS) is 1. The molecule has 4 aliphatic rings. The van der Waals surface area contributed by atoms with Crippen LogP contribution in [0.5, 0.6) is 0 Å². The fourth-order valence-corrected chi connectivity index (χ4v) is 5.03. The maximum Gasteiger partial charge on any atom is 0.304 e. The number of nitrogens with zero attached hydrogens (tertiary/aromatic N) is 2. The van der Waals surface area contributed by atoms with Crippen molar-refractivity contribution in [2.75, 3.05) is 26.2 Å². The van der Waals surface area contributed by atoms with E-state index in [1.165, 1.54) is 31.5 Å². The van der Waals surface area contributed by atoms with Gasteiger partial charge in [-0.3, -0.25) is 14.6 Å². The zero-order chi connectivity index (χ0) is 15.1. The number of hydrogen-bond donors (Lipinski definition) is 1. The van der Waals surface area contributed by atoms with Crippen LogP contribution in [0.2, 0.25) is 0 Å². The monoisotopic (exact) mass is 300 g/mol. The van der Waals surface area contributed by atoms with Crippen LogP contribution in [-0.4, -0.2) is 59.1 Å². The zero-order valence-electron chi connectivity index (χ0n) is 12.9. The quantitative estimate of drug-likeness (QED) is 0.924. The van der Waals surface area contributed by atoms with Gasteiger partial charge < -0.3 is 5.11 Å². The Labute approximate surface area is 131 Å². The molecular weight excluding hydrogens is 276 g/mol. The van der Waals surface area contributed by atoms with E-state index in [4.69, 9.17) is 5.11 Å². The Morgan fingerprint density at radius 1 is 1.14 bits per heavy atom. The Bertz CT molecular complexity index is 539. The second kappa shape index (κ2) is 5.67. The summed E-state index contributed by atoms with van der Waals surface area (Å²) in [5.74, 6) is 0.613. The van der Waals surface area contributed by atoms with Crippen molar-refractivity contribution in [2.24, 2.45) is 5.92 Å². The third-order valence-corrected chi connectivity index (χ3v) is 5.93. The average Bonchev–Trinajstić information content (AvgIpc) is 2.97. The highest BCUT2D eigenvalue weighted by atomic mass is 16.4. The van der Waals surface area contributed by atoms with Gasteiger partial charge in [0.1, 0.15) is 0 Å². The number of likely N-dealkylation sites (tertiary alicyclic amines) is 1. The fourth-order valence-electron chi connectivity index (χ4n) is 5.03. The first-order valence-electron chi connectivity index (χ1n) is 8.49. The number of fused-ring (bicyclic) bond motifs is 2. The molecule has 0 aliphatic carbocycles. The predicted octanol–water partition coefficient (Wildman–Crippen LogP) is 2.02. The number of piperidine rings is 3. The first-order valence-corrected chi connectivity index (χ1v) is 8.49. The molecule has 1 aromatic rings. The summed E-state index contributed by atoms with van der Waals surface area (Å²) in [6, 6.07) is 12.0. The van der Waals surface area contributed by atoms with Crippen molar-refractivity contribution in [3.8, 4) is 0 Å². The van der Waals surface area contributed by atoms with E-state index < -0.39 is 5.97 Å². The smallest absolute Gasteiger partial charge is 0.304 e. The maximum atomic E-state index is 11.0. The molecule has 1 aromatic carbocycles. The van der Waals surface area contributed by atoms with Gasteiger partial charge in [0.15, 0.2) is 0 Å². The molecule has 5 rings (SSSR count). The van der Waals surface area contributed by atoms with Gasteiger partial charge in [0.05, 0.1) is 6.42 Å². The normalized spacial score (nSPS) is 37.2. The summed E-state index contributed by atoms with van der Waals surface area (Å²) in [5, 5.41) is 9.05. The van der Waals surface area contributed by atoms with Crippen molar-refractivity contribution in [1.82, 2.24) is 9.80 Å². The van der Waals surface area contributed by atoms with Gasteiger partial charge in [-0.25, -0.2) is 0 Å². The van der Waals surface area contributed by atoms with Crippen molar-refractivity contribution in [3.05, 3.63) is 35.9 Å². The molecule has 0 amide bonds. The number of hydrogen-bond acceptors (Lipinski definition) is 3. The largest absolute Gasteiger partial charge is 0.481 e. The van der Waals surface area contributed by atoms with Crippen molar-refractivity contribution in [2.45, 2.75) is 37.3 Å². The lowest BCUT2D eigenvalue weighted by molar-refractivity contribution is -0.137. The Balaban J connectivity index is 1.62. The lowest BCUT2D eigenvalue weighted by Gasteiger charge is -2.51. The van der Waals surface area contributed by atoms with Gasteiger partial charge in [-0.05, 0) is 37.4 Å². The fraction of sp³-hybridized carbons (Fsp3) is 0.611. The molecule has 118 valence electrons. The van der Waals surface area contributed by atoms with E-state index in [9.17, 15) is 4.79 Å². The first-order chi connectivity index (χ1) is 10.7. The maximum absolute atomic E-state index is 11.0. The van der Waals surface area contributed by atoms with Gasteiger partial charge in [-0.15, -0.1) is 0 Å². The molecule has 0 saturated carbocycles. The van der Waals surface area contributed by atoms with Gasteiger partial charge in [-0.1, -0.05) is 30.3 Å². The standard InChI is InChI=1S/C18H24N2O2/c21-16(22)8-11-20-12-15(13-4-2-1-3-5-13)18-17(20)14-6-9-19(18)10-7-14/h1-5,14-15,17-18H,6-12H2,(H,21,22)/t15-,17+,18+/m0/s1. The molecule has 3 atom stereocenters. The van der Waals surface area contributed by atoms with Crippen molar-refractivity contribution >= 4 is 5.97 Å². The minimum atomic E-state index is -0.680. The number of carboxylic acids is 1.